The molecule has 1 saturated carbocycles. The molecule has 24 heavy (non-hydrogen) atoms. The highest BCUT2D eigenvalue weighted by molar-refractivity contribution is 7.10. The average Bonchev–Trinajstić information content (AvgIpc) is 3.30. The molecule has 0 unspecified atom stereocenters. The van der Waals surface area contributed by atoms with Crippen LogP contribution in [0.5, 0.6) is 0 Å². The summed E-state index contributed by atoms with van der Waals surface area (Å²) in [6.07, 6.45) is 4.37. The van der Waals surface area contributed by atoms with Crippen molar-refractivity contribution in [2.75, 3.05) is 0 Å². The molecule has 124 valence electrons. The Kier molecular flexibility index (Phi) is 3.90. The Morgan fingerprint density at radius 3 is 2.79 bits per heavy atom. The smallest absolute Gasteiger partial charge is 0.277 e. The largest absolute Gasteiger partial charge is 0.332 e. The molecule has 1 aromatic carbocycles. The Hall–Kier alpha value is -2.12. The molecule has 0 bridgehead atoms. The molecule has 1 fully saturated rings. The lowest BCUT2D eigenvalue weighted by molar-refractivity contribution is 0.372. The molecule has 1 aliphatic rings. The maximum atomic E-state index is 13.7. The van der Waals surface area contributed by atoms with Crippen LogP contribution in [0.1, 0.15) is 42.1 Å². The van der Waals surface area contributed by atoms with Gasteiger partial charge in [-0.05, 0) is 24.5 Å². The Morgan fingerprint density at radius 1 is 1.21 bits per heavy atom. The van der Waals surface area contributed by atoms with Crippen LogP contribution in [0.25, 0.3) is 11.6 Å². The molecule has 4 rings (SSSR count). The lowest BCUT2D eigenvalue weighted by atomic mass is 9.99. The highest BCUT2D eigenvalue weighted by Gasteiger charge is 2.36. The first kappa shape index (κ1) is 15.4. The van der Waals surface area contributed by atoms with Gasteiger partial charge >= 0.3 is 0 Å². The Bertz CT molecular complexity index is 854. The third-order valence-electron chi connectivity index (χ3n) is 4.44. The van der Waals surface area contributed by atoms with E-state index in [1.165, 1.54) is 17.4 Å². The van der Waals surface area contributed by atoms with Crippen molar-refractivity contribution in [1.82, 2.24) is 15.1 Å². The third-order valence-corrected chi connectivity index (χ3v) is 5.29. The van der Waals surface area contributed by atoms with Gasteiger partial charge in [-0.3, -0.25) is 0 Å². The number of nitrogens with two attached hydrogens (primary N) is 1. The fourth-order valence-electron chi connectivity index (χ4n) is 3.05. The van der Waals surface area contributed by atoms with Crippen LogP contribution in [0.15, 0.2) is 34.2 Å². The molecule has 7 heteroatoms. The van der Waals surface area contributed by atoms with Gasteiger partial charge < -0.3 is 10.3 Å². The van der Waals surface area contributed by atoms with Crippen LogP contribution in [0.2, 0.25) is 0 Å². The maximum Gasteiger partial charge on any atom is 0.277 e. The SMILES string of the molecule is NC1(c2noc(-c3csc(Cc4ccccc4F)n3)n2)CCCC1. The van der Waals surface area contributed by atoms with E-state index in [9.17, 15) is 4.39 Å². The van der Waals surface area contributed by atoms with Crippen LogP contribution in [0.4, 0.5) is 4.39 Å². The Morgan fingerprint density at radius 2 is 2.00 bits per heavy atom. The molecule has 0 spiro atoms. The van der Waals surface area contributed by atoms with Crippen LogP contribution >= 0.6 is 11.3 Å². The van der Waals surface area contributed by atoms with Gasteiger partial charge in [0.2, 0.25) is 0 Å². The van der Waals surface area contributed by atoms with Crippen molar-refractivity contribution in [3.05, 3.63) is 51.9 Å². The molecule has 2 aromatic heterocycles. The summed E-state index contributed by atoms with van der Waals surface area (Å²) in [5, 5.41) is 6.70. The van der Waals surface area contributed by atoms with E-state index in [1.807, 2.05) is 11.4 Å². The van der Waals surface area contributed by atoms with Crippen molar-refractivity contribution in [3.8, 4) is 11.6 Å². The monoisotopic (exact) mass is 344 g/mol. The highest BCUT2D eigenvalue weighted by Crippen LogP contribution is 2.35. The number of halogens is 1. The molecule has 0 amide bonds. The van der Waals surface area contributed by atoms with Crippen LogP contribution in [-0.4, -0.2) is 15.1 Å². The maximum absolute atomic E-state index is 13.7. The standard InChI is InChI=1S/C17H17FN4OS/c18-12-6-2-1-5-11(12)9-14-20-13(10-24-14)15-21-16(22-23-15)17(19)7-3-4-8-17/h1-2,5-6,10H,3-4,7-9,19H2. The minimum absolute atomic E-state index is 0.222. The summed E-state index contributed by atoms with van der Waals surface area (Å²) in [6.45, 7) is 0. The number of rotatable bonds is 4. The van der Waals surface area contributed by atoms with Gasteiger partial charge in [-0.2, -0.15) is 4.98 Å². The fraction of sp³-hybridized carbons (Fsp3) is 0.353. The zero-order valence-electron chi connectivity index (χ0n) is 13.0. The first-order chi connectivity index (χ1) is 11.6. The van der Waals surface area contributed by atoms with Crippen LogP contribution < -0.4 is 5.73 Å². The second-order valence-corrected chi connectivity index (χ2v) is 7.12. The summed E-state index contributed by atoms with van der Waals surface area (Å²) >= 11 is 1.45. The van der Waals surface area contributed by atoms with E-state index in [4.69, 9.17) is 10.3 Å². The van der Waals surface area contributed by atoms with Crippen molar-refractivity contribution >= 4 is 11.3 Å². The second kappa shape index (κ2) is 6.07. The first-order valence-electron chi connectivity index (χ1n) is 7.95. The summed E-state index contributed by atoms with van der Waals surface area (Å²) in [5.74, 6) is 0.706. The van der Waals surface area contributed by atoms with Crippen LogP contribution in [0, 0.1) is 5.82 Å². The number of hydrogen-bond acceptors (Lipinski definition) is 6. The predicted molar refractivity (Wildman–Crippen MR) is 88.9 cm³/mol. The normalized spacial score (nSPS) is 16.6. The van der Waals surface area contributed by atoms with Gasteiger partial charge in [-0.1, -0.05) is 36.2 Å². The molecule has 5 nitrogen and oxygen atoms in total. The third kappa shape index (κ3) is 2.85. The van der Waals surface area contributed by atoms with Crippen LogP contribution in [0.3, 0.4) is 0 Å². The molecule has 2 N–H and O–H groups in total. The number of benzene rings is 1. The van der Waals surface area contributed by atoms with Gasteiger partial charge in [-0.15, -0.1) is 11.3 Å². The molecule has 0 radical (unpaired) electrons. The molecule has 1 aliphatic carbocycles. The lowest BCUT2D eigenvalue weighted by Crippen LogP contribution is -2.34. The van der Waals surface area contributed by atoms with Gasteiger partial charge in [0.05, 0.1) is 10.5 Å². The summed E-state index contributed by atoms with van der Waals surface area (Å²) in [5.41, 5.74) is 7.11. The molecular formula is C17H17FN4OS. The van der Waals surface area contributed by atoms with E-state index in [1.54, 1.807) is 12.1 Å². The zero-order chi connectivity index (χ0) is 16.6. The van der Waals surface area contributed by atoms with E-state index in [2.05, 4.69) is 15.1 Å². The molecule has 0 saturated heterocycles. The van der Waals surface area contributed by atoms with Gasteiger partial charge in [-0.25, -0.2) is 9.37 Å². The van der Waals surface area contributed by atoms with Gasteiger partial charge in [0, 0.05) is 11.8 Å². The molecular weight excluding hydrogens is 327 g/mol. The van der Waals surface area contributed by atoms with Gasteiger partial charge in [0.1, 0.15) is 11.5 Å². The van der Waals surface area contributed by atoms with Crippen molar-refractivity contribution in [2.45, 2.75) is 37.6 Å². The molecule has 2 heterocycles. The number of thiazole rings is 1. The number of hydrogen-bond donors (Lipinski definition) is 1. The van der Waals surface area contributed by atoms with Gasteiger partial charge in [0.15, 0.2) is 5.82 Å². The Balaban J connectivity index is 1.55. The van der Waals surface area contributed by atoms with E-state index in [0.29, 0.717) is 29.4 Å². The fourth-order valence-corrected chi connectivity index (χ4v) is 3.85. The van der Waals surface area contributed by atoms with Crippen molar-refractivity contribution in [2.24, 2.45) is 5.73 Å². The van der Waals surface area contributed by atoms with Crippen molar-refractivity contribution in [1.29, 1.82) is 0 Å². The topological polar surface area (TPSA) is 77.8 Å². The number of aromatic nitrogens is 3. The lowest BCUT2D eigenvalue weighted by Gasteiger charge is -2.17. The minimum atomic E-state index is -0.478. The molecule has 3 aromatic rings. The predicted octanol–water partition coefficient (Wildman–Crippen LogP) is 3.65. The average molecular weight is 344 g/mol. The molecule has 0 atom stereocenters. The highest BCUT2D eigenvalue weighted by atomic mass is 32.1. The van der Waals surface area contributed by atoms with E-state index < -0.39 is 5.54 Å². The first-order valence-corrected chi connectivity index (χ1v) is 8.83. The second-order valence-electron chi connectivity index (χ2n) is 6.18. The van der Waals surface area contributed by atoms with Gasteiger partial charge in [0.25, 0.3) is 5.89 Å². The zero-order valence-corrected chi connectivity index (χ0v) is 13.9. The summed E-state index contributed by atoms with van der Waals surface area (Å²) in [7, 11) is 0. The van der Waals surface area contributed by atoms with E-state index in [0.717, 1.165) is 30.7 Å². The van der Waals surface area contributed by atoms with Crippen LogP contribution in [-0.2, 0) is 12.0 Å². The minimum Gasteiger partial charge on any atom is -0.332 e. The summed E-state index contributed by atoms with van der Waals surface area (Å²) < 4.78 is 19.1. The quantitative estimate of drug-likeness (QED) is 0.781. The molecule has 0 aliphatic heterocycles. The summed E-state index contributed by atoms with van der Waals surface area (Å²) in [4.78, 5) is 8.93. The van der Waals surface area contributed by atoms with Crippen molar-refractivity contribution in [3.63, 3.8) is 0 Å². The van der Waals surface area contributed by atoms with Crippen molar-refractivity contribution < 1.29 is 8.91 Å². The summed E-state index contributed by atoms with van der Waals surface area (Å²) in [6, 6.07) is 6.72. The Labute approximate surface area is 142 Å². The van der Waals surface area contributed by atoms with E-state index in [-0.39, 0.29) is 5.82 Å². The number of nitrogens with zero attached hydrogens (tertiary/aromatic N) is 3. The van der Waals surface area contributed by atoms with E-state index >= 15 is 0 Å².